The van der Waals surface area contributed by atoms with Gasteiger partial charge in [0.25, 0.3) is 0 Å². The number of carbonyl (C=O) groups excluding carboxylic acids is 1. The van der Waals surface area contributed by atoms with E-state index >= 15 is 0 Å². The minimum atomic E-state index is -0.0164. The predicted molar refractivity (Wildman–Crippen MR) is 114 cm³/mol. The molecular weight excluding hydrogens is 320 g/mol. The van der Waals surface area contributed by atoms with Crippen molar-refractivity contribution in [1.29, 1.82) is 0 Å². The quantitative estimate of drug-likeness (QED) is 0.203. The van der Waals surface area contributed by atoms with Gasteiger partial charge in [-0.25, -0.2) is 0 Å². The molecular formula is C24H48O2. The second kappa shape index (κ2) is 15.5. The molecule has 0 aliphatic carbocycles. The summed E-state index contributed by atoms with van der Waals surface area (Å²) in [6, 6.07) is 0. The average Bonchev–Trinajstić information content (AvgIpc) is 2.50. The molecule has 0 saturated carbocycles. The maximum atomic E-state index is 12.0. The van der Waals surface area contributed by atoms with Gasteiger partial charge < -0.3 is 4.74 Å². The molecule has 0 spiro atoms. The van der Waals surface area contributed by atoms with Crippen LogP contribution < -0.4 is 0 Å². The molecule has 0 N–H and O–H groups in total. The van der Waals surface area contributed by atoms with Crippen LogP contribution in [0.5, 0.6) is 0 Å². The molecule has 0 aromatic rings. The first-order chi connectivity index (χ1) is 12.2. The Bertz CT molecular complexity index is 330. The van der Waals surface area contributed by atoms with E-state index in [-0.39, 0.29) is 17.5 Å². The van der Waals surface area contributed by atoms with Gasteiger partial charge in [0.15, 0.2) is 0 Å². The molecule has 0 fully saturated rings. The van der Waals surface area contributed by atoms with Crippen molar-refractivity contribution >= 4 is 5.97 Å². The number of rotatable bonds is 16. The monoisotopic (exact) mass is 368 g/mol. The summed E-state index contributed by atoms with van der Waals surface area (Å²) < 4.78 is 5.59. The Labute approximate surface area is 164 Å². The zero-order valence-corrected chi connectivity index (χ0v) is 18.9. The Morgan fingerprint density at radius 1 is 0.808 bits per heavy atom. The maximum absolute atomic E-state index is 12.0. The number of hydrogen-bond acceptors (Lipinski definition) is 2. The van der Waals surface area contributed by atoms with E-state index in [2.05, 4.69) is 34.6 Å². The van der Waals surface area contributed by atoms with Crippen molar-refractivity contribution in [3.63, 3.8) is 0 Å². The van der Waals surface area contributed by atoms with Gasteiger partial charge in [0.05, 0.1) is 6.10 Å². The molecule has 0 radical (unpaired) electrons. The summed E-state index contributed by atoms with van der Waals surface area (Å²) in [6.07, 6.45) is 17.7. The lowest BCUT2D eigenvalue weighted by atomic mass is 9.84. The topological polar surface area (TPSA) is 26.3 Å². The molecule has 0 aliphatic rings. The molecule has 0 bridgehead atoms. The van der Waals surface area contributed by atoms with E-state index < -0.39 is 0 Å². The molecule has 2 atom stereocenters. The van der Waals surface area contributed by atoms with E-state index in [0.29, 0.717) is 12.3 Å². The fourth-order valence-corrected chi connectivity index (χ4v) is 3.83. The number of unbranched alkanes of at least 4 members (excludes halogenated alkanes) is 10. The van der Waals surface area contributed by atoms with E-state index in [0.717, 1.165) is 12.8 Å². The van der Waals surface area contributed by atoms with E-state index in [1.54, 1.807) is 0 Å². The number of carbonyl (C=O) groups is 1. The van der Waals surface area contributed by atoms with Crippen LogP contribution >= 0.6 is 0 Å². The standard InChI is InChI=1S/C24H48O2/c1-7-8-9-10-11-12-13-14-15-16-17-18-22(3)26-23(25)19-21(2)20-24(4,5)6/h21-22H,7-20H2,1-6H3. The van der Waals surface area contributed by atoms with Gasteiger partial charge in [-0.15, -0.1) is 0 Å². The van der Waals surface area contributed by atoms with Crippen LogP contribution in [0.4, 0.5) is 0 Å². The van der Waals surface area contributed by atoms with Gasteiger partial charge in [-0.1, -0.05) is 98.8 Å². The highest BCUT2D eigenvalue weighted by atomic mass is 16.5. The largest absolute Gasteiger partial charge is 0.463 e. The Morgan fingerprint density at radius 3 is 1.73 bits per heavy atom. The molecule has 0 amide bonds. The minimum Gasteiger partial charge on any atom is -0.463 e. The Hall–Kier alpha value is -0.530. The Balaban J connectivity index is 3.51. The van der Waals surface area contributed by atoms with Gasteiger partial charge in [-0.05, 0) is 37.5 Å². The van der Waals surface area contributed by atoms with Crippen LogP contribution in [0, 0.1) is 11.3 Å². The van der Waals surface area contributed by atoms with E-state index in [1.165, 1.54) is 70.6 Å². The van der Waals surface area contributed by atoms with Crippen LogP contribution in [0.3, 0.4) is 0 Å². The molecule has 0 aliphatic heterocycles. The zero-order valence-electron chi connectivity index (χ0n) is 18.9. The predicted octanol–water partition coefficient (Wildman–Crippen LogP) is 8.08. The molecule has 2 heteroatoms. The molecule has 0 aromatic heterocycles. The van der Waals surface area contributed by atoms with Crippen molar-refractivity contribution in [3.05, 3.63) is 0 Å². The highest BCUT2D eigenvalue weighted by Gasteiger charge is 2.19. The van der Waals surface area contributed by atoms with Gasteiger partial charge in [-0.2, -0.15) is 0 Å². The average molecular weight is 369 g/mol. The van der Waals surface area contributed by atoms with E-state index in [4.69, 9.17) is 4.74 Å². The summed E-state index contributed by atoms with van der Waals surface area (Å²) in [4.78, 5) is 12.0. The smallest absolute Gasteiger partial charge is 0.306 e. The molecule has 2 nitrogen and oxygen atoms in total. The molecule has 0 rings (SSSR count). The number of esters is 1. The first kappa shape index (κ1) is 25.5. The van der Waals surface area contributed by atoms with Crippen molar-refractivity contribution in [2.75, 3.05) is 0 Å². The summed E-state index contributed by atoms with van der Waals surface area (Å²) in [5.74, 6) is 0.383. The fraction of sp³-hybridized carbons (Fsp3) is 0.958. The van der Waals surface area contributed by atoms with Crippen LogP contribution in [-0.4, -0.2) is 12.1 Å². The highest BCUT2D eigenvalue weighted by Crippen LogP contribution is 2.26. The van der Waals surface area contributed by atoms with Crippen molar-refractivity contribution in [3.8, 4) is 0 Å². The van der Waals surface area contributed by atoms with Gasteiger partial charge >= 0.3 is 5.97 Å². The van der Waals surface area contributed by atoms with Crippen LogP contribution in [0.25, 0.3) is 0 Å². The summed E-state index contributed by atoms with van der Waals surface area (Å²) >= 11 is 0. The van der Waals surface area contributed by atoms with Crippen LogP contribution in [0.15, 0.2) is 0 Å². The Kier molecular flexibility index (Phi) is 15.2. The summed E-state index contributed by atoms with van der Waals surface area (Å²) in [5, 5.41) is 0. The number of ether oxygens (including phenoxy) is 1. The van der Waals surface area contributed by atoms with Crippen molar-refractivity contribution in [2.24, 2.45) is 11.3 Å². The molecule has 0 aromatic carbocycles. The molecule has 0 saturated heterocycles. The lowest BCUT2D eigenvalue weighted by Gasteiger charge is -2.23. The third-order valence-corrected chi connectivity index (χ3v) is 5.02. The van der Waals surface area contributed by atoms with Crippen LogP contribution in [0.1, 0.15) is 131 Å². The second-order valence-corrected chi connectivity index (χ2v) is 9.70. The van der Waals surface area contributed by atoms with Crippen molar-refractivity contribution in [2.45, 2.75) is 138 Å². The fourth-order valence-electron chi connectivity index (χ4n) is 3.83. The molecule has 156 valence electrons. The maximum Gasteiger partial charge on any atom is 0.306 e. The first-order valence-electron chi connectivity index (χ1n) is 11.4. The van der Waals surface area contributed by atoms with Gasteiger partial charge in [0.1, 0.15) is 0 Å². The number of hydrogen-bond donors (Lipinski definition) is 0. The van der Waals surface area contributed by atoms with Gasteiger partial charge in [-0.3, -0.25) is 4.79 Å². The first-order valence-corrected chi connectivity index (χ1v) is 11.4. The van der Waals surface area contributed by atoms with E-state index in [9.17, 15) is 4.79 Å². The summed E-state index contributed by atoms with van der Waals surface area (Å²) in [7, 11) is 0. The van der Waals surface area contributed by atoms with Crippen molar-refractivity contribution < 1.29 is 9.53 Å². The lowest BCUT2D eigenvalue weighted by molar-refractivity contribution is -0.149. The van der Waals surface area contributed by atoms with Crippen LogP contribution in [-0.2, 0) is 9.53 Å². The summed E-state index contributed by atoms with van der Waals surface area (Å²) in [5.41, 5.74) is 0.279. The minimum absolute atomic E-state index is 0.0164. The molecule has 2 unspecified atom stereocenters. The van der Waals surface area contributed by atoms with Crippen molar-refractivity contribution in [1.82, 2.24) is 0 Å². The molecule has 0 heterocycles. The lowest BCUT2D eigenvalue weighted by Crippen LogP contribution is -2.19. The normalized spacial score (nSPS) is 14.2. The van der Waals surface area contributed by atoms with Gasteiger partial charge in [0, 0.05) is 6.42 Å². The summed E-state index contributed by atoms with van der Waals surface area (Å²) in [6.45, 7) is 13.1. The zero-order chi connectivity index (χ0) is 19.8. The van der Waals surface area contributed by atoms with Crippen LogP contribution in [0.2, 0.25) is 0 Å². The third kappa shape index (κ3) is 18.3. The third-order valence-electron chi connectivity index (χ3n) is 5.02. The highest BCUT2D eigenvalue weighted by molar-refractivity contribution is 5.69. The van der Waals surface area contributed by atoms with Gasteiger partial charge in [0.2, 0.25) is 0 Å². The SMILES string of the molecule is CCCCCCCCCCCCCC(C)OC(=O)CC(C)CC(C)(C)C. The van der Waals surface area contributed by atoms with E-state index in [1.807, 2.05) is 6.92 Å². The Morgan fingerprint density at radius 2 is 1.27 bits per heavy atom. The molecule has 26 heavy (non-hydrogen) atoms. The second-order valence-electron chi connectivity index (χ2n) is 9.70.